The molecule has 1 heterocycles. The maximum Gasteiger partial charge on any atom is 0.390 e. The van der Waals surface area contributed by atoms with E-state index >= 15 is 0 Å². The van der Waals surface area contributed by atoms with Gasteiger partial charge in [-0.3, -0.25) is 4.79 Å². The molecule has 0 aliphatic carbocycles. The Bertz CT molecular complexity index is 180. The molecule has 0 unspecified atom stereocenters. The molecule has 1 fully saturated rings. The molecule has 0 amide bonds. The summed E-state index contributed by atoms with van der Waals surface area (Å²) in [5.41, 5.74) is 0. The number of hydrogen-bond acceptors (Lipinski definition) is 2. The summed E-state index contributed by atoms with van der Waals surface area (Å²) in [6.45, 7) is 0.987. The minimum Gasteiger partial charge on any atom is -0.302 e. The summed E-state index contributed by atoms with van der Waals surface area (Å²) in [6.07, 6.45) is -4.06. The van der Waals surface area contributed by atoms with E-state index in [0.717, 1.165) is 0 Å². The van der Waals surface area contributed by atoms with Crippen molar-refractivity contribution in [3.8, 4) is 0 Å². The predicted octanol–water partition coefficient (Wildman–Crippen LogP) is 1.60. The number of rotatable bonds is 2. The monoisotopic (exact) mass is 195 g/mol. The van der Waals surface area contributed by atoms with Crippen LogP contribution in [0.25, 0.3) is 0 Å². The molecule has 0 radical (unpaired) electrons. The Morgan fingerprint density at radius 3 is 2.23 bits per heavy atom. The lowest BCUT2D eigenvalue weighted by Gasteiger charge is -2.25. The Balaban J connectivity index is 2.20. The topological polar surface area (TPSA) is 20.3 Å². The highest BCUT2D eigenvalue weighted by molar-refractivity contribution is 5.79. The van der Waals surface area contributed by atoms with Gasteiger partial charge in [0.2, 0.25) is 0 Å². The first-order valence-corrected chi connectivity index (χ1v) is 4.28. The van der Waals surface area contributed by atoms with Crippen LogP contribution in [0.15, 0.2) is 0 Å². The highest BCUT2D eigenvalue weighted by atomic mass is 19.4. The first kappa shape index (κ1) is 10.5. The number of Topliss-reactive ketones (excluding diaryl/α,β-unsaturated/α-hetero) is 1. The Morgan fingerprint density at radius 1 is 1.23 bits per heavy atom. The smallest absolute Gasteiger partial charge is 0.302 e. The number of likely N-dealkylation sites (tertiary alicyclic amines) is 1. The molecular formula is C8H12F3NO. The van der Waals surface area contributed by atoms with Crippen LogP contribution in [-0.2, 0) is 4.79 Å². The lowest BCUT2D eigenvalue weighted by atomic mass is 10.1. The van der Waals surface area contributed by atoms with Gasteiger partial charge in [0.1, 0.15) is 5.78 Å². The van der Waals surface area contributed by atoms with Gasteiger partial charge in [-0.05, 0) is 0 Å². The molecular weight excluding hydrogens is 183 g/mol. The fraction of sp³-hybridized carbons (Fsp3) is 0.875. The molecule has 5 heteroatoms. The van der Waals surface area contributed by atoms with Crippen LogP contribution < -0.4 is 0 Å². The second kappa shape index (κ2) is 4.09. The third-order valence-corrected chi connectivity index (χ3v) is 2.13. The van der Waals surface area contributed by atoms with Crippen LogP contribution in [0, 0.1) is 0 Å². The van der Waals surface area contributed by atoms with Crippen molar-refractivity contribution in [3.63, 3.8) is 0 Å². The Kier molecular flexibility index (Phi) is 3.30. The molecule has 0 bridgehead atoms. The largest absolute Gasteiger partial charge is 0.390 e. The summed E-state index contributed by atoms with van der Waals surface area (Å²) in [7, 11) is 0. The van der Waals surface area contributed by atoms with Crippen LogP contribution in [0.1, 0.15) is 19.3 Å². The molecule has 0 N–H and O–H groups in total. The van der Waals surface area contributed by atoms with Crippen LogP contribution in [0.3, 0.4) is 0 Å². The molecule has 1 rings (SSSR count). The molecule has 1 saturated heterocycles. The van der Waals surface area contributed by atoms with Crippen molar-refractivity contribution >= 4 is 5.78 Å². The summed E-state index contributed by atoms with van der Waals surface area (Å²) in [6, 6.07) is 0. The third kappa shape index (κ3) is 4.26. The van der Waals surface area contributed by atoms with E-state index in [0.29, 0.717) is 25.9 Å². The summed E-state index contributed by atoms with van der Waals surface area (Å²) < 4.78 is 35.4. The second-order valence-electron chi connectivity index (χ2n) is 3.25. The number of carbonyl (C=O) groups excluding carboxylic acids is 1. The van der Waals surface area contributed by atoms with Gasteiger partial charge in [0, 0.05) is 32.5 Å². The van der Waals surface area contributed by atoms with Gasteiger partial charge < -0.3 is 4.90 Å². The van der Waals surface area contributed by atoms with E-state index < -0.39 is 12.6 Å². The van der Waals surface area contributed by atoms with Gasteiger partial charge >= 0.3 is 6.18 Å². The Labute approximate surface area is 74.7 Å². The summed E-state index contributed by atoms with van der Waals surface area (Å²) in [4.78, 5) is 12.5. The van der Waals surface area contributed by atoms with E-state index in [2.05, 4.69) is 0 Å². The first-order valence-electron chi connectivity index (χ1n) is 4.28. The molecule has 0 aromatic carbocycles. The molecule has 0 atom stereocenters. The van der Waals surface area contributed by atoms with E-state index in [9.17, 15) is 18.0 Å². The molecule has 76 valence electrons. The van der Waals surface area contributed by atoms with Gasteiger partial charge in [-0.15, -0.1) is 0 Å². The van der Waals surface area contributed by atoms with Crippen molar-refractivity contribution in [2.45, 2.75) is 25.4 Å². The molecule has 1 aliphatic heterocycles. The van der Waals surface area contributed by atoms with Crippen molar-refractivity contribution in [2.24, 2.45) is 0 Å². The SMILES string of the molecule is O=C1CCN(CCC(F)(F)F)CC1. The van der Waals surface area contributed by atoms with Gasteiger partial charge in [-0.25, -0.2) is 0 Å². The van der Waals surface area contributed by atoms with Crippen LogP contribution in [0.4, 0.5) is 13.2 Å². The number of nitrogens with zero attached hydrogens (tertiary/aromatic N) is 1. The fourth-order valence-electron chi connectivity index (χ4n) is 1.31. The lowest BCUT2D eigenvalue weighted by molar-refractivity contribution is -0.139. The van der Waals surface area contributed by atoms with Crippen molar-refractivity contribution in [3.05, 3.63) is 0 Å². The molecule has 1 aliphatic rings. The van der Waals surface area contributed by atoms with Gasteiger partial charge in [-0.2, -0.15) is 13.2 Å². The standard InChI is InChI=1S/C8H12F3NO/c9-8(10,11)3-6-12-4-1-7(13)2-5-12/h1-6H2. The number of ketones is 1. The molecule has 0 spiro atoms. The minimum atomic E-state index is -4.08. The van der Waals surface area contributed by atoms with E-state index in [-0.39, 0.29) is 12.3 Å². The highest BCUT2D eigenvalue weighted by Gasteiger charge is 2.28. The normalized spacial score (nSPS) is 20.7. The zero-order valence-electron chi connectivity index (χ0n) is 7.23. The van der Waals surface area contributed by atoms with E-state index in [4.69, 9.17) is 0 Å². The fourth-order valence-corrected chi connectivity index (χ4v) is 1.31. The summed E-state index contributed by atoms with van der Waals surface area (Å²) in [5, 5.41) is 0. The van der Waals surface area contributed by atoms with Crippen LogP contribution in [-0.4, -0.2) is 36.5 Å². The van der Waals surface area contributed by atoms with Gasteiger partial charge in [0.05, 0.1) is 6.42 Å². The van der Waals surface area contributed by atoms with Crippen molar-refractivity contribution in [1.29, 1.82) is 0 Å². The predicted molar refractivity (Wildman–Crippen MR) is 41.4 cm³/mol. The molecule has 0 aromatic rings. The quantitative estimate of drug-likeness (QED) is 0.667. The average Bonchev–Trinajstić information content (AvgIpc) is 2.02. The molecule has 13 heavy (non-hydrogen) atoms. The number of hydrogen-bond donors (Lipinski definition) is 0. The zero-order chi connectivity index (χ0) is 9.90. The Morgan fingerprint density at radius 2 is 1.77 bits per heavy atom. The van der Waals surface area contributed by atoms with E-state index in [1.165, 1.54) is 0 Å². The third-order valence-electron chi connectivity index (χ3n) is 2.13. The highest BCUT2D eigenvalue weighted by Crippen LogP contribution is 2.20. The average molecular weight is 195 g/mol. The van der Waals surface area contributed by atoms with Crippen molar-refractivity contribution in [2.75, 3.05) is 19.6 Å². The second-order valence-corrected chi connectivity index (χ2v) is 3.25. The molecule has 0 saturated carbocycles. The maximum atomic E-state index is 11.8. The zero-order valence-corrected chi connectivity index (χ0v) is 7.23. The maximum absolute atomic E-state index is 11.8. The molecule has 2 nitrogen and oxygen atoms in total. The summed E-state index contributed by atoms with van der Waals surface area (Å²) in [5.74, 6) is 0.156. The van der Waals surface area contributed by atoms with Gasteiger partial charge in [0.25, 0.3) is 0 Å². The number of piperidine rings is 1. The van der Waals surface area contributed by atoms with Crippen LogP contribution in [0.5, 0.6) is 0 Å². The minimum absolute atomic E-state index is 0.0246. The number of carbonyl (C=O) groups is 1. The van der Waals surface area contributed by atoms with Gasteiger partial charge in [0.15, 0.2) is 0 Å². The molecule has 0 aromatic heterocycles. The van der Waals surface area contributed by atoms with E-state index in [1.54, 1.807) is 4.90 Å². The van der Waals surface area contributed by atoms with Crippen molar-refractivity contribution in [1.82, 2.24) is 4.90 Å². The van der Waals surface area contributed by atoms with E-state index in [1.807, 2.05) is 0 Å². The van der Waals surface area contributed by atoms with Crippen molar-refractivity contribution < 1.29 is 18.0 Å². The lowest BCUT2D eigenvalue weighted by Crippen LogP contribution is -2.36. The van der Waals surface area contributed by atoms with Crippen LogP contribution >= 0.6 is 0 Å². The number of alkyl halides is 3. The van der Waals surface area contributed by atoms with Crippen LogP contribution in [0.2, 0.25) is 0 Å². The van der Waals surface area contributed by atoms with Gasteiger partial charge in [-0.1, -0.05) is 0 Å². The number of halogens is 3. The Hall–Kier alpha value is -0.580. The summed E-state index contributed by atoms with van der Waals surface area (Å²) >= 11 is 0. The first-order chi connectivity index (χ1) is 5.97.